The van der Waals surface area contributed by atoms with E-state index in [1.165, 1.54) is 7.11 Å². The Morgan fingerprint density at radius 3 is 2.63 bits per heavy atom. The lowest BCUT2D eigenvalue weighted by Crippen LogP contribution is -2.32. The molecule has 0 saturated carbocycles. The van der Waals surface area contributed by atoms with Crippen LogP contribution in [0.2, 0.25) is 0 Å². The van der Waals surface area contributed by atoms with Crippen LogP contribution in [0.4, 0.5) is 0 Å². The molecule has 1 heterocycles. The molecule has 0 aliphatic rings. The summed E-state index contributed by atoms with van der Waals surface area (Å²) in [4.78, 5) is 12.2. The lowest BCUT2D eigenvalue weighted by Gasteiger charge is -2.18. The van der Waals surface area contributed by atoms with Gasteiger partial charge in [0.05, 0.1) is 12.2 Å². The predicted octanol–water partition coefficient (Wildman–Crippen LogP) is 1.97. The molecule has 0 saturated heterocycles. The van der Waals surface area contributed by atoms with Crippen molar-refractivity contribution >= 4 is 5.91 Å². The normalized spacial score (nSPS) is 13.8. The van der Waals surface area contributed by atoms with Crippen LogP contribution in [-0.4, -0.2) is 23.2 Å². The summed E-state index contributed by atoms with van der Waals surface area (Å²) in [6.07, 6.45) is 2.85. The average molecular weight is 259 g/mol. The molecular formula is C14H17N3O2. The Labute approximate surface area is 112 Å². The second kappa shape index (κ2) is 6.15. The minimum atomic E-state index is -0.601. The SMILES string of the molecule is COC(C(=O)NC(C)c1cn[nH]c1)c1ccccc1. The number of hydrogen-bond donors (Lipinski definition) is 2. The fourth-order valence-corrected chi connectivity index (χ4v) is 1.89. The van der Waals surface area contributed by atoms with Gasteiger partial charge >= 0.3 is 0 Å². The maximum Gasteiger partial charge on any atom is 0.254 e. The number of nitrogens with one attached hydrogen (secondary N) is 2. The highest BCUT2D eigenvalue weighted by atomic mass is 16.5. The van der Waals surface area contributed by atoms with Gasteiger partial charge in [-0.15, -0.1) is 0 Å². The zero-order valence-corrected chi connectivity index (χ0v) is 11.0. The zero-order chi connectivity index (χ0) is 13.7. The van der Waals surface area contributed by atoms with E-state index in [2.05, 4.69) is 15.5 Å². The Kier molecular flexibility index (Phi) is 4.30. The molecule has 0 spiro atoms. The largest absolute Gasteiger partial charge is 0.367 e. The van der Waals surface area contributed by atoms with Gasteiger partial charge in [0.15, 0.2) is 6.10 Å². The third-order valence-corrected chi connectivity index (χ3v) is 2.95. The van der Waals surface area contributed by atoms with Crippen molar-refractivity contribution in [2.24, 2.45) is 0 Å². The first-order valence-corrected chi connectivity index (χ1v) is 6.09. The van der Waals surface area contributed by atoms with E-state index in [9.17, 15) is 4.79 Å². The zero-order valence-electron chi connectivity index (χ0n) is 11.0. The summed E-state index contributed by atoms with van der Waals surface area (Å²) in [6.45, 7) is 1.90. The molecule has 0 bridgehead atoms. The Balaban J connectivity index is 2.06. The average Bonchev–Trinajstić information content (AvgIpc) is 2.94. The molecule has 0 radical (unpaired) electrons. The number of methoxy groups -OCH3 is 1. The number of nitrogens with zero attached hydrogens (tertiary/aromatic N) is 1. The number of carbonyl (C=O) groups is 1. The van der Waals surface area contributed by atoms with Crippen molar-refractivity contribution in [2.75, 3.05) is 7.11 Å². The Morgan fingerprint density at radius 1 is 1.32 bits per heavy atom. The van der Waals surface area contributed by atoms with Crippen molar-refractivity contribution in [2.45, 2.75) is 19.1 Å². The summed E-state index contributed by atoms with van der Waals surface area (Å²) in [5, 5.41) is 9.50. The summed E-state index contributed by atoms with van der Waals surface area (Å²) in [7, 11) is 1.53. The van der Waals surface area contributed by atoms with Crippen LogP contribution in [0, 0.1) is 0 Å². The molecule has 0 aliphatic heterocycles. The maximum absolute atomic E-state index is 12.2. The van der Waals surface area contributed by atoms with E-state index in [1.807, 2.05) is 37.3 Å². The molecule has 100 valence electrons. The fourth-order valence-electron chi connectivity index (χ4n) is 1.89. The van der Waals surface area contributed by atoms with Gasteiger partial charge < -0.3 is 10.1 Å². The highest BCUT2D eigenvalue weighted by molar-refractivity contribution is 5.82. The van der Waals surface area contributed by atoms with Crippen LogP contribution in [0.25, 0.3) is 0 Å². The summed E-state index contributed by atoms with van der Waals surface area (Å²) >= 11 is 0. The van der Waals surface area contributed by atoms with Gasteiger partial charge in [-0.3, -0.25) is 9.89 Å². The summed E-state index contributed by atoms with van der Waals surface area (Å²) in [6, 6.07) is 9.30. The molecule has 1 aromatic heterocycles. The van der Waals surface area contributed by atoms with E-state index >= 15 is 0 Å². The van der Waals surface area contributed by atoms with Crippen molar-refractivity contribution in [1.29, 1.82) is 0 Å². The topological polar surface area (TPSA) is 67.0 Å². The first-order chi connectivity index (χ1) is 9.22. The molecule has 2 unspecified atom stereocenters. The lowest BCUT2D eigenvalue weighted by molar-refractivity contribution is -0.132. The Hall–Kier alpha value is -2.14. The molecule has 0 fully saturated rings. The van der Waals surface area contributed by atoms with Crippen molar-refractivity contribution < 1.29 is 9.53 Å². The molecule has 0 aliphatic carbocycles. The molecular weight excluding hydrogens is 242 g/mol. The van der Waals surface area contributed by atoms with Gasteiger partial charge in [0, 0.05) is 18.9 Å². The number of H-pyrrole nitrogens is 1. The number of rotatable bonds is 5. The Morgan fingerprint density at radius 2 is 2.05 bits per heavy atom. The van der Waals surface area contributed by atoms with E-state index in [4.69, 9.17) is 4.74 Å². The molecule has 2 rings (SSSR count). The number of benzene rings is 1. The molecule has 5 nitrogen and oxygen atoms in total. The maximum atomic E-state index is 12.2. The van der Waals surface area contributed by atoms with Gasteiger partial charge in [-0.1, -0.05) is 30.3 Å². The van der Waals surface area contributed by atoms with Crippen molar-refractivity contribution in [3.8, 4) is 0 Å². The molecule has 1 aromatic carbocycles. The number of aromatic nitrogens is 2. The summed E-state index contributed by atoms with van der Waals surface area (Å²) in [5.41, 5.74) is 1.76. The van der Waals surface area contributed by atoms with E-state index in [-0.39, 0.29) is 11.9 Å². The Bertz CT molecular complexity index is 511. The van der Waals surface area contributed by atoms with Crippen LogP contribution in [0.5, 0.6) is 0 Å². The van der Waals surface area contributed by atoms with Gasteiger partial charge in [-0.05, 0) is 12.5 Å². The van der Waals surface area contributed by atoms with Gasteiger partial charge in [0.25, 0.3) is 5.91 Å². The van der Waals surface area contributed by atoms with Crippen LogP contribution >= 0.6 is 0 Å². The molecule has 5 heteroatoms. The molecule has 2 aromatic rings. The quantitative estimate of drug-likeness (QED) is 0.862. The van der Waals surface area contributed by atoms with E-state index < -0.39 is 6.10 Å². The highest BCUT2D eigenvalue weighted by Crippen LogP contribution is 2.18. The van der Waals surface area contributed by atoms with Crippen molar-refractivity contribution in [1.82, 2.24) is 15.5 Å². The minimum Gasteiger partial charge on any atom is -0.367 e. The fraction of sp³-hybridized carbons (Fsp3) is 0.286. The van der Waals surface area contributed by atoms with Gasteiger partial charge in [0.1, 0.15) is 0 Å². The molecule has 2 atom stereocenters. The highest BCUT2D eigenvalue weighted by Gasteiger charge is 2.21. The minimum absolute atomic E-state index is 0.118. The third-order valence-electron chi connectivity index (χ3n) is 2.95. The van der Waals surface area contributed by atoms with E-state index in [1.54, 1.807) is 12.4 Å². The second-order valence-electron chi connectivity index (χ2n) is 4.29. The van der Waals surface area contributed by atoms with Crippen molar-refractivity contribution in [3.63, 3.8) is 0 Å². The van der Waals surface area contributed by atoms with Gasteiger partial charge in [0.2, 0.25) is 0 Å². The third kappa shape index (κ3) is 3.20. The van der Waals surface area contributed by atoms with Gasteiger partial charge in [-0.25, -0.2) is 0 Å². The number of amides is 1. The first kappa shape index (κ1) is 13.3. The van der Waals surface area contributed by atoms with Gasteiger partial charge in [-0.2, -0.15) is 5.10 Å². The van der Waals surface area contributed by atoms with Crippen LogP contribution < -0.4 is 5.32 Å². The number of hydrogen-bond acceptors (Lipinski definition) is 3. The van der Waals surface area contributed by atoms with Crippen LogP contribution in [-0.2, 0) is 9.53 Å². The molecule has 19 heavy (non-hydrogen) atoms. The monoisotopic (exact) mass is 259 g/mol. The smallest absolute Gasteiger partial charge is 0.254 e. The summed E-state index contributed by atoms with van der Waals surface area (Å²) in [5.74, 6) is -0.164. The second-order valence-corrected chi connectivity index (χ2v) is 4.29. The van der Waals surface area contributed by atoms with E-state index in [0.29, 0.717) is 0 Å². The number of ether oxygens (including phenoxy) is 1. The number of carbonyl (C=O) groups excluding carboxylic acids is 1. The summed E-state index contributed by atoms with van der Waals surface area (Å²) < 4.78 is 5.28. The van der Waals surface area contributed by atoms with Crippen LogP contribution in [0.15, 0.2) is 42.7 Å². The predicted molar refractivity (Wildman–Crippen MR) is 71.3 cm³/mol. The van der Waals surface area contributed by atoms with Crippen LogP contribution in [0.1, 0.15) is 30.2 Å². The van der Waals surface area contributed by atoms with Crippen LogP contribution in [0.3, 0.4) is 0 Å². The van der Waals surface area contributed by atoms with E-state index in [0.717, 1.165) is 11.1 Å². The molecule has 1 amide bonds. The number of aromatic amines is 1. The lowest BCUT2D eigenvalue weighted by atomic mass is 10.1. The van der Waals surface area contributed by atoms with Crippen molar-refractivity contribution in [3.05, 3.63) is 53.9 Å². The first-order valence-electron chi connectivity index (χ1n) is 6.09. The standard InChI is InChI=1S/C14H17N3O2/c1-10(12-8-15-16-9-12)17-14(18)13(19-2)11-6-4-3-5-7-11/h3-10,13H,1-2H3,(H,15,16)(H,17,18). The molecule has 2 N–H and O–H groups in total.